The minimum Gasteiger partial charge on any atom is -0.439 e. The molecule has 0 bridgehead atoms. The maximum atomic E-state index is 11.4. The van der Waals surface area contributed by atoms with Gasteiger partial charge in [-0.05, 0) is 37.3 Å². The molecular formula is C21H26N4O3. The highest BCUT2D eigenvalue weighted by molar-refractivity contribution is 5.78. The maximum Gasteiger partial charge on any atom is 0.407 e. The van der Waals surface area contributed by atoms with E-state index in [2.05, 4.69) is 39.2 Å². The number of amides is 2. The zero-order chi connectivity index (χ0) is 19.8. The van der Waals surface area contributed by atoms with E-state index in [-0.39, 0.29) is 6.61 Å². The summed E-state index contributed by atoms with van der Waals surface area (Å²) in [4.78, 5) is 29.1. The molecule has 1 aliphatic rings. The molecule has 7 nitrogen and oxygen atoms in total. The average molecular weight is 382 g/mol. The molecule has 1 aromatic heterocycles. The largest absolute Gasteiger partial charge is 0.439 e. The zero-order valence-corrected chi connectivity index (χ0v) is 15.8. The van der Waals surface area contributed by atoms with Gasteiger partial charge in [0.05, 0.1) is 5.69 Å². The van der Waals surface area contributed by atoms with Crippen molar-refractivity contribution in [1.29, 1.82) is 0 Å². The van der Waals surface area contributed by atoms with Crippen LogP contribution in [-0.2, 0) is 9.53 Å². The lowest BCUT2D eigenvalue weighted by Crippen LogP contribution is -2.36. The topological polar surface area (TPSA) is 97.6 Å². The summed E-state index contributed by atoms with van der Waals surface area (Å²) in [6.07, 6.45) is 2.39. The summed E-state index contributed by atoms with van der Waals surface area (Å²) in [5, 5.41) is 2.66. The van der Waals surface area contributed by atoms with Crippen molar-refractivity contribution >= 4 is 17.8 Å². The number of pyridine rings is 1. The summed E-state index contributed by atoms with van der Waals surface area (Å²) in [7, 11) is 0. The Bertz CT molecular complexity index is 789. The predicted molar refractivity (Wildman–Crippen MR) is 108 cm³/mol. The fourth-order valence-electron chi connectivity index (χ4n) is 3.39. The molecular weight excluding hydrogens is 356 g/mol. The first-order chi connectivity index (χ1) is 13.6. The van der Waals surface area contributed by atoms with Crippen molar-refractivity contribution in [2.75, 3.05) is 31.1 Å². The fraction of sp³-hybridized carbons (Fsp3) is 0.381. The number of nitrogens with zero attached hydrogens (tertiary/aromatic N) is 2. The standard InChI is InChI=1S/C21H26N4O3/c22-19(26)15-28-21(27)23-12-9-16-10-13-25(14-11-16)20-8-4-7-18(24-20)17-5-2-1-3-6-17/h1-8,16H,9-15H2,(H2,22,26)(H,23,27). The van der Waals surface area contributed by atoms with Gasteiger partial charge in [0, 0.05) is 25.2 Å². The SMILES string of the molecule is NC(=O)COC(=O)NCCC1CCN(c2cccc(-c3ccccc3)n2)CC1. The van der Waals surface area contributed by atoms with Crippen molar-refractivity contribution in [3.63, 3.8) is 0 Å². The van der Waals surface area contributed by atoms with Crippen molar-refractivity contribution in [2.24, 2.45) is 11.7 Å². The van der Waals surface area contributed by atoms with Crippen LogP contribution in [0.3, 0.4) is 0 Å². The Morgan fingerprint density at radius 1 is 1.11 bits per heavy atom. The lowest BCUT2D eigenvalue weighted by atomic mass is 9.93. The molecule has 3 rings (SSSR count). The summed E-state index contributed by atoms with van der Waals surface area (Å²) in [5.74, 6) is 0.894. The minimum atomic E-state index is -0.660. The normalized spacial score (nSPS) is 14.5. The number of piperidine rings is 1. The molecule has 0 saturated carbocycles. The third-order valence-corrected chi connectivity index (χ3v) is 4.91. The minimum absolute atomic E-state index is 0.390. The van der Waals surface area contributed by atoms with E-state index in [4.69, 9.17) is 10.7 Å². The van der Waals surface area contributed by atoms with Crippen LogP contribution in [0.5, 0.6) is 0 Å². The Kier molecular flexibility index (Phi) is 6.84. The van der Waals surface area contributed by atoms with Gasteiger partial charge in [-0.25, -0.2) is 9.78 Å². The molecule has 2 aromatic rings. The lowest BCUT2D eigenvalue weighted by Gasteiger charge is -2.33. The van der Waals surface area contributed by atoms with Crippen LogP contribution in [0, 0.1) is 5.92 Å². The molecule has 1 fully saturated rings. The van der Waals surface area contributed by atoms with E-state index in [1.807, 2.05) is 24.3 Å². The molecule has 1 aromatic carbocycles. The van der Waals surface area contributed by atoms with Gasteiger partial charge in [-0.2, -0.15) is 0 Å². The number of rotatable bonds is 7. The molecule has 0 aliphatic carbocycles. The molecule has 148 valence electrons. The number of anilines is 1. The number of nitrogens with two attached hydrogens (primary N) is 1. The number of carbonyl (C=O) groups is 2. The number of aromatic nitrogens is 1. The zero-order valence-electron chi connectivity index (χ0n) is 15.8. The van der Waals surface area contributed by atoms with Crippen LogP contribution in [-0.4, -0.2) is 43.2 Å². The Morgan fingerprint density at radius 3 is 2.57 bits per heavy atom. The van der Waals surface area contributed by atoms with Crippen molar-refractivity contribution in [3.05, 3.63) is 48.5 Å². The van der Waals surface area contributed by atoms with Gasteiger partial charge in [0.2, 0.25) is 0 Å². The third-order valence-electron chi connectivity index (χ3n) is 4.91. The van der Waals surface area contributed by atoms with Crippen molar-refractivity contribution in [2.45, 2.75) is 19.3 Å². The number of hydrogen-bond acceptors (Lipinski definition) is 5. The number of nitrogens with one attached hydrogen (secondary N) is 1. The van der Waals surface area contributed by atoms with Crippen LogP contribution in [0.4, 0.5) is 10.6 Å². The molecule has 1 aliphatic heterocycles. The van der Waals surface area contributed by atoms with E-state index in [0.29, 0.717) is 12.5 Å². The molecule has 2 heterocycles. The monoisotopic (exact) mass is 382 g/mol. The highest BCUT2D eigenvalue weighted by Crippen LogP contribution is 2.26. The van der Waals surface area contributed by atoms with E-state index >= 15 is 0 Å². The lowest BCUT2D eigenvalue weighted by molar-refractivity contribution is -0.120. The van der Waals surface area contributed by atoms with E-state index in [0.717, 1.165) is 49.4 Å². The third kappa shape index (κ3) is 5.70. The van der Waals surface area contributed by atoms with Gasteiger partial charge in [0.1, 0.15) is 5.82 Å². The highest BCUT2D eigenvalue weighted by Gasteiger charge is 2.20. The number of primary amides is 1. The van der Waals surface area contributed by atoms with E-state index in [9.17, 15) is 9.59 Å². The summed E-state index contributed by atoms with van der Waals surface area (Å²) in [6, 6.07) is 16.3. The molecule has 0 unspecified atom stereocenters. The van der Waals surface area contributed by atoms with Crippen LogP contribution in [0.2, 0.25) is 0 Å². The Hall–Kier alpha value is -3.09. The van der Waals surface area contributed by atoms with Gasteiger partial charge in [-0.3, -0.25) is 4.79 Å². The van der Waals surface area contributed by atoms with Crippen LogP contribution in [0.25, 0.3) is 11.3 Å². The second-order valence-corrected chi connectivity index (χ2v) is 6.94. The molecule has 7 heteroatoms. The second kappa shape index (κ2) is 9.73. The summed E-state index contributed by atoms with van der Waals surface area (Å²) in [6.45, 7) is 2.04. The smallest absolute Gasteiger partial charge is 0.407 e. The van der Waals surface area contributed by atoms with Crippen LogP contribution < -0.4 is 16.0 Å². The molecule has 2 amide bonds. The fourth-order valence-corrected chi connectivity index (χ4v) is 3.39. The molecule has 0 atom stereocenters. The first-order valence-corrected chi connectivity index (χ1v) is 9.58. The van der Waals surface area contributed by atoms with Crippen molar-refractivity contribution in [1.82, 2.24) is 10.3 Å². The summed E-state index contributed by atoms with van der Waals surface area (Å²) < 4.78 is 4.67. The van der Waals surface area contributed by atoms with E-state index < -0.39 is 12.0 Å². The Labute approximate surface area is 164 Å². The molecule has 28 heavy (non-hydrogen) atoms. The molecule has 1 saturated heterocycles. The first kappa shape index (κ1) is 19.7. The summed E-state index contributed by atoms with van der Waals surface area (Å²) >= 11 is 0. The van der Waals surface area contributed by atoms with Crippen LogP contribution in [0.15, 0.2) is 48.5 Å². The highest BCUT2D eigenvalue weighted by atomic mass is 16.6. The molecule has 3 N–H and O–H groups in total. The quantitative estimate of drug-likeness (QED) is 0.767. The summed E-state index contributed by atoms with van der Waals surface area (Å²) in [5.41, 5.74) is 7.04. The van der Waals surface area contributed by atoms with E-state index in [1.54, 1.807) is 0 Å². The molecule has 0 radical (unpaired) electrons. The number of carbonyl (C=O) groups excluding carboxylic acids is 2. The Morgan fingerprint density at radius 2 is 1.86 bits per heavy atom. The number of benzene rings is 1. The Balaban J connectivity index is 1.44. The predicted octanol–water partition coefficient (Wildman–Crippen LogP) is 2.57. The van der Waals surface area contributed by atoms with Crippen LogP contribution >= 0.6 is 0 Å². The number of hydrogen-bond donors (Lipinski definition) is 2. The van der Waals surface area contributed by atoms with Gasteiger partial charge in [0.25, 0.3) is 5.91 Å². The van der Waals surface area contributed by atoms with Crippen molar-refractivity contribution < 1.29 is 14.3 Å². The van der Waals surface area contributed by atoms with Crippen LogP contribution in [0.1, 0.15) is 19.3 Å². The average Bonchev–Trinajstić information content (AvgIpc) is 2.73. The maximum absolute atomic E-state index is 11.4. The van der Waals surface area contributed by atoms with Gasteiger partial charge in [-0.1, -0.05) is 36.4 Å². The van der Waals surface area contributed by atoms with E-state index in [1.165, 1.54) is 0 Å². The van der Waals surface area contributed by atoms with Gasteiger partial charge >= 0.3 is 6.09 Å². The van der Waals surface area contributed by atoms with Gasteiger partial charge in [-0.15, -0.1) is 0 Å². The second-order valence-electron chi connectivity index (χ2n) is 6.94. The van der Waals surface area contributed by atoms with Gasteiger partial charge in [0.15, 0.2) is 6.61 Å². The molecule has 0 spiro atoms. The first-order valence-electron chi connectivity index (χ1n) is 9.58. The number of ether oxygens (including phenoxy) is 1. The van der Waals surface area contributed by atoms with Crippen molar-refractivity contribution in [3.8, 4) is 11.3 Å². The van der Waals surface area contributed by atoms with Gasteiger partial charge < -0.3 is 20.7 Å². The number of alkyl carbamates (subject to hydrolysis) is 1.